The average Bonchev–Trinajstić information content (AvgIpc) is 3.06. The summed E-state index contributed by atoms with van der Waals surface area (Å²) in [5.41, 5.74) is 3.91. The molecule has 4 rings (SSSR count). The number of fused-ring (bicyclic) bond motifs is 3. The molecule has 0 aliphatic heterocycles. The lowest BCUT2D eigenvalue weighted by molar-refractivity contribution is 0.340. The van der Waals surface area contributed by atoms with E-state index < -0.39 is 0 Å². The van der Waals surface area contributed by atoms with Gasteiger partial charge in [-0.3, -0.25) is 10.1 Å². The van der Waals surface area contributed by atoms with Gasteiger partial charge >= 0.3 is 0 Å². The topological polar surface area (TPSA) is 62.8 Å². The SMILES string of the molecule is CCOc1ccc(Nc2ccnc3ccc4cn[nH]c4c23)cc1. The van der Waals surface area contributed by atoms with Crippen molar-refractivity contribution in [2.24, 2.45) is 0 Å². The Morgan fingerprint density at radius 1 is 1.09 bits per heavy atom. The Morgan fingerprint density at radius 2 is 1.96 bits per heavy atom. The van der Waals surface area contributed by atoms with Gasteiger partial charge in [-0.05, 0) is 49.4 Å². The molecule has 2 aromatic heterocycles. The molecule has 0 radical (unpaired) electrons. The lowest BCUT2D eigenvalue weighted by Gasteiger charge is -2.11. The van der Waals surface area contributed by atoms with Gasteiger partial charge in [0.1, 0.15) is 5.75 Å². The lowest BCUT2D eigenvalue weighted by Crippen LogP contribution is -1.95. The predicted octanol–water partition coefficient (Wildman–Crippen LogP) is 4.25. The molecule has 2 N–H and O–H groups in total. The van der Waals surface area contributed by atoms with Gasteiger partial charge in [-0.1, -0.05) is 0 Å². The van der Waals surface area contributed by atoms with Crippen LogP contribution in [0.15, 0.2) is 54.9 Å². The third-order valence-electron chi connectivity index (χ3n) is 3.76. The zero-order valence-electron chi connectivity index (χ0n) is 12.7. The molecule has 0 atom stereocenters. The van der Waals surface area contributed by atoms with Gasteiger partial charge in [-0.25, -0.2) is 0 Å². The van der Waals surface area contributed by atoms with E-state index in [4.69, 9.17) is 4.74 Å². The number of benzene rings is 2. The molecule has 0 saturated carbocycles. The van der Waals surface area contributed by atoms with Gasteiger partial charge in [0, 0.05) is 22.7 Å². The first-order valence-corrected chi connectivity index (χ1v) is 7.56. The highest BCUT2D eigenvalue weighted by molar-refractivity contribution is 6.10. The first-order valence-electron chi connectivity index (χ1n) is 7.56. The third kappa shape index (κ3) is 2.46. The number of aromatic nitrogens is 3. The Balaban J connectivity index is 1.77. The molecule has 5 nitrogen and oxygen atoms in total. The number of anilines is 2. The summed E-state index contributed by atoms with van der Waals surface area (Å²) in [6, 6.07) is 13.9. The summed E-state index contributed by atoms with van der Waals surface area (Å²) in [6.07, 6.45) is 3.63. The fourth-order valence-electron chi connectivity index (χ4n) is 2.72. The molecule has 0 unspecified atom stereocenters. The highest BCUT2D eigenvalue weighted by Gasteiger charge is 2.08. The number of hydrogen-bond acceptors (Lipinski definition) is 4. The zero-order chi connectivity index (χ0) is 15.6. The molecule has 0 saturated heterocycles. The molecule has 0 aliphatic carbocycles. The smallest absolute Gasteiger partial charge is 0.119 e. The third-order valence-corrected chi connectivity index (χ3v) is 3.76. The number of ether oxygens (including phenoxy) is 1. The molecule has 2 aromatic carbocycles. The van der Waals surface area contributed by atoms with Crippen molar-refractivity contribution < 1.29 is 4.74 Å². The molecule has 0 bridgehead atoms. The standard InChI is InChI=1S/C18H16N4O/c1-2-23-14-6-4-13(5-7-14)21-16-9-10-19-15-8-3-12-11-20-22-18(12)17(15)16/h3-11H,2H2,1H3,(H,19,21)(H,20,22). The average molecular weight is 304 g/mol. The van der Waals surface area contributed by atoms with E-state index in [2.05, 4.69) is 20.5 Å². The van der Waals surface area contributed by atoms with Crippen LogP contribution in [0.5, 0.6) is 5.75 Å². The van der Waals surface area contributed by atoms with Crippen LogP contribution in [0.2, 0.25) is 0 Å². The fourth-order valence-corrected chi connectivity index (χ4v) is 2.72. The quantitative estimate of drug-likeness (QED) is 0.591. The van der Waals surface area contributed by atoms with Crippen LogP contribution in [0.1, 0.15) is 6.92 Å². The minimum absolute atomic E-state index is 0.666. The van der Waals surface area contributed by atoms with Crippen molar-refractivity contribution >= 4 is 33.2 Å². The molecule has 0 aliphatic rings. The van der Waals surface area contributed by atoms with Gasteiger partial charge in [-0.15, -0.1) is 0 Å². The van der Waals surface area contributed by atoms with E-state index in [0.29, 0.717) is 6.61 Å². The second-order valence-corrected chi connectivity index (χ2v) is 5.23. The normalized spacial score (nSPS) is 11.0. The summed E-state index contributed by atoms with van der Waals surface area (Å²) in [6.45, 7) is 2.64. The molecule has 0 spiro atoms. The first-order chi connectivity index (χ1) is 11.3. The van der Waals surface area contributed by atoms with Crippen molar-refractivity contribution in [1.82, 2.24) is 15.2 Å². The summed E-state index contributed by atoms with van der Waals surface area (Å²) in [4.78, 5) is 4.44. The summed E-state index contributed by atoms with van der Waals surface area (Å²) in [7, 11) is 0. The maximum absolute atomic E-state index is 5.48. The molecule has 4 aromatic rings. The summed E-state index contributed by atoms with van der Waals surface area (Å²) < 4.78 is 5.48. The first kappa shape index (κ1) is 13.6. The van der Waals surface area contributed by atoms with Crippen LogP contribution in [0.3, 0.4) is 0 Å². The number of rotatable bonds is 4. The van der Waals surface area contributed by atoms with E-state index in [-0.39, 0.29) is 0 Å². The van der Waals surface area contributed by atoms with E-state index >= 15 is 0 Å². The van der Waals surface area contributed by atoms with Crippen molar-refractivity contribution in [3.63, 3.8) is 0 Å². The van der Waals surface area contributed by atoms with Crippen LogP contribution in [0.4, 0.5) is 11.4 Å². The number of pyridine rings is 1. The lowest BCUT2D eigenvalue weighted by atomic mass is 10.1. The summed E-state index contributed by atoms with van der Waals surface area (Å²) >= 11 is 0. The molecule has 2 heterocycles. The Labute approximate surface area is 133 Å². The molecular weight excluding hydrogens is 288 g/mol. The monoisotopic (exact) mass is 304 g/mol. The van der Waals surface area contributed by atoms with E-state index in [1.54, 1.807) is 6.20 Å². The van der Waals surface area contributed by atoms with Gasteiger partial charge in [0.15, 0.2) is 0 Å². The number of hydrogen-bond donors (Lipinski definition) is 2. The number of nitrogens with zero attached hydrogens (tertiary/aromatic N) is 2. The van der Waals surface area contributed by atoms with Gasteiger partial charge in [0.25, 0.3) is 0 Å². The fraction of sp³-hybridized carbons (Fsp3) is 0.111. The van der Waals surface area contributed by atoms with Gasteiger partial charge in [0.2, 0.25) is 0 Å². The Hall–Kier alpha value is -3.08. The highest BCUT2D eigenvalue weighted by Crippen LogP contribution is 2.31. The van der Waals surface area contributed by atoms with Gasteiger partial charge in [-0.2, -0.15) is 5.10 Å². The Bertz CT molecular complexity index is 960. The number of H-pyrrole nitrogens is 1. The van der Waals surface area contributed by atoms with Crippen LogP contribution in [-0.2, 0) is 0 Å². The van der Waals surface area contributed by atoms with Crippen LogP contribution in [-0.4, -0.2) is 21.8 Å². The second kappa shape index (κ2) is 5.61. The Kier molecular flexibility index (Phi) is 3.31. The van der Waals surface area contributed by atoms with E-state index in [1.165, 1.54) is 0 Å². The van der Waals surface area contributed by atoms with E-state index in [9.17, 15) is 0 Å². The van der Waals surface area contributed by atoms with E-state index in [0.717, 1.165) is 38.9 Å². The minimum atomic E-state index is 0.666. The molecular formula is C18H16N4O. The molecule has 5 heteroatoms. The van der Waals surface area contributed by atoms with Crippen LogP contribution in [0.25, 0.3) is 21.8 Å². The van der Waals surface area contributed by atoms with Crippen molar-refractivity contribution in [3.8, 4) is 5.75 Å². The molecule has 0 amide bonds. The predicted molar refractivity (Wildman–Crippen MR) is 92.3 cm³/mol. The molecule has 23 heavy (non-hydrogen) atoms. The zero-order valence-corrected chi connectivity index (χ0v) is 12.7. The highest BCUT2D eigenvalue weighted by atomic mass is 16.5. The minimum Gasteiger partial charge on any atom is -0.494 e. The van der Waals surface area contributed by atoms with Gasteiger partial charge in [0.05, 0.1) is 29.5 Å². The second-order valence-electron chi connectivity index (χ2n) is 5.23. The maximum Gasteiger partial charge on any atom is 0.119 e. The Morgan fingerprint density at radius 3 is 2.78 bits per heavy atom. The summed E-state index contributed by atoms with van der Waals surface area (Å²) in [5.74, 6) is 0.869. The van der Waals surface area contributed by atoms with E-state index in [1.807, 2.05) is 55.6 Å². The van der Waals surface area contributed by atoms with Crippen molar-refractivity contribution in [2.45, 2.75) is 6.92 Å². The largest absolute Gasteiger partial charge is 0.494 e. The molecule has 0 fully saturated rings. The summed E-state index contributed by atoms with van der Waals surface area (Å²) in [5, 5.41) is 12.8. The van der Waals surface area contributed by atoms with Crippen molar-refractivity contribution in [1.29, 1.82) is 0 Å². The maximum atomic E-state index is 5.48. The van der Waals surface area contributed by atoms with Crippen LogP contribution >= 0.6 is 0 Å². The molecule has 114 valence electrons. The van der Waals surface area contributed by atoms with Gasteiger partial charge < -0.3 is 10.1 Å². The van der Waals surface area contributed by atoms with Crippen LogP contribution < -0.4 is 10.1 Å². The number of nitrogens with one attached hydrogen (secondary N) is 2. The van der Waals surface area contributed by atoms with Crippen molar-refractivity contribution in [3.05, 3.63) is 54.9 Å². The van der Waals surface area contributed by atoms with Crippen molar-refractivity contribution in [2.75, 3.05) is 11.9 Å². The van der Waals surface area contributed by atoms with Crippen LogP contribution in [0, 0.1) is 0 Å². The number of aromatic amines is 1.